The first kappa shape index (κ1) is 30.8. The number of amides is 2. The van der Waals surface area contributed by atoms with E-state index in [-0.39, 0.29) is 70.6 Å². The Morgan fingerprint density at radius 1 is 0.923 bits per heavy atom. The fraction of sp³-hybridized carbons (Fsp3) is 0.276. The molecule has 0 saturated carbocycles. The summed E-state index contributed by atoms with van der Waals surface area (Å²) >= 11 is 5.80. The van der Waals surface area contributed by atoms with E-state index in [0.29, 0.717) is 25.9 Å². The zero-order valence-electron chi connectivity index (χ0n) is 21.7. The average molecular weight is 559 g/mol. The molecule has 1 fully saturated rings. The number of carboxylic acid groups (broad SMARTS) is 1. The molecule has 3 aromatic carbocycles. The van der Waals surface area contributed by atoms with Crippen molar-refractivity contribution in [3.05, 3.63) is 101 Å². The fourth-order valence-electron chi connectivity index (χ4n) is 4.34. The van der Waals surface area contributed by atoms with Gasteiger partial charge in [-0.25, -0.2) is 0 Å². The van der Waals surface area contributed by atoms with Gasteiger partial charge in [0.05, 0.1) is 12.1 Å². The number of carbonyl (C=O) groups excluding carboxylic acids is 3. The first-order valence-electron chi connectivity index (χ1n) is 12.3. The number of likely N-dealkylation sites (tertiary alicyclic amines) is 1. The van der Waals surface area contributed by atoms with Gasteiger partial charge < -0.3 is 29.6 Å². The number of carbonyl (C=O) groups is 3. The Morgan fingerprint density at radius 3 is 2.08 bits per heavy atom. The second-order valence-electron chi connectivity index (χ2n) is 8.94. The Kier molecular flexibility index (Phi) is 12.0. The Morgan fingerprint density at radius 2 is 1.51 bits per heavy atom. The first-order chi connectivity index (χ1) is 18.4. The van der Waals surface area contributed by atoms with E-state index in [2.05, 4.69) is 29.6 Å². The smallest absolute Gasteiger partial charge is 0.545 e. The quantitative estimate of drug-likeness (QED) is 0.362. The normalized spacial score (nSPS) is 13.5. The number of halogens is 1. The van der Waals surface area contributed by atoms with Crippen LogP contribution >= 0.6 is 11.6 Å². The van der Waals surface area contributed by atoms with Gasteiger partial charge in [0.1, 0.15) is 19.3 Å². The molecule has 0 aromatic heterocycles. The van der Waals surface area contributed by atoms with Gasteiger partial charge in [-0.1, -0.05) is 72.3 Å². The summed E-state index contributed by atoms with van der Waals surface area (Å²) in [5.74, 6) is -2.28. The van der Waals surface area contributed by atoms with Gasteiger partial charge in [-0.2, -0.15) is 0 Å². The first-order valence-corrected chi connectivity index (χ1v) is 12.7. The van der Waals surface area contributed by atoms with Gasteiger partial charge in [0.2, 0.25) is 11.8 Å². The molecule has 2 amide bonds. The van der Waals surface area contributed by atoms with E-state index >= 15 is 0 Å². The predicted octanol–water partition coefficient (Wildman–Crippen LogP) is 0.460. The van der Waals surface area contributed by atoms with Crippen LogP contribution < -0.4 is 40.0 Å². The maximum absolute atomic E-state index is 12.6. The van der Waals surface area contributed by atoms with Crippen molar-refractivity contribution in [1.82, 2.24) is 4.90 Å². The number of anilines is 1. The largest absolute Gasteiger partial charge is 1.00 e. The Hall–Kier alpha value is -2.72. The molecule has 8 nitrogen and oxygen atoms in total. The summed E-state index contributed by atoms with van der Waals surface area (Å²) in [4.78, 5) is 37.8. The van der Waals surface area contributed by atoms with Crippen molar-refractivity contribution in [2.45, 2.75) is 25.0 Å². The molecule has 4 rings (SSSR count). The van der Waals surface area contributed by atoms with Crippen LogP contribution in [0.1, 0.15) is 40.4 Å². The number of rotatable bonds is 10. The summed E-state index contributed by atoms with van der Waals surface area (Å²) in [6.07, 6.45) is 1.17. The minimum absolute atomic E-state index is 0. The number of benzene rings is 3. The number of carboxylic acids is 1. The maximum atomic E-state index is 12.6. The molecule has 1 aliphatic heterocycles. The Bertz CT molecular complexity index is 1210. The molecule has 3 aromatic rings. The van der Waals surface area contributed by atoms with Gasteiger partial charge in [0.15, 0.2) is 0 Å². The van der Waals surface area contributed by atoms with Crippen LogP contribution in [-0.4, -0.2) is 55.1 Å². The minimum Gasteiger partial charge on any atom is -0.545 e. The summed E-state index contributed by atoms with van der Waals surface area (Å²) in [6.45, 7) is 0.379. The van der Waals surface area contributed by atoms with Gasteiger partial charge in [-0.3, -0.25) is 9.59 Å². The van der Waals surface area contributed by atoms with Gasteiger partial charge in [0, 0.05) is 29.4 Å². The summed E-state index contributed by atoms with van der Waals surface area (Å²) < 4.78 is 11.8. The Labute approximate surface area is 254 Å². The van der Waals surface area contributed by atoms with Crippen molar-refractivity contribution in [2.75, 3.05) is 31.6 Å². The molecule has 198 valence electrons. The zero-order chi connectivity index (χ0) is 26.9. The van der Waals surface area contributed by atoms with E-state index in [1.165, 1.54) is 18.2 Å². The number of hydrogen-bond donors (Lipinski definition) is 1. The third kappa shape index (κ3) is 8.89. The minimum atomic E-state index is -1.47. The van der Waals surface area contributed by atoms with Crippen LogP contribution in [0, 0.1) is 0 Å². The molecule has 1 N–H and O–H groups in total. The van der Waals surface area contributed by atoms with Crippen LogP contribution in [0.25, 0.3) is 0 Å². The summed E-state index contributed by atoms with van der Waals surface area (Å²) in [6, 6.07) is 24.1. The van der Waals surface area contributed by atoms with Gasteiger partial charge in [-0.15, -0.1) is 0 Å². The Balaban J connectivity index is 0.00000420. The van der Waals surface area contributed by atoms with Crippen LogP contribution in [-0.2, 0) is 19.1 Å². The molecule has 0 radical (unpaired) electrons. The monoisotopic (exact) mass is 558 g/mol. The van der Waals surface area contributed by atoms with Crippen LogP contribution in [0.2, 0.25) is 5.02 Å². The summed E-state index contributed by atoms with van der Waals surface area (Å²) in [7, 11) is 0. The number of ether oxygens (including phenoxy) is 2. The number of aromatic carboxylic acids is 1. The standard InChI is InChI=1S/C29H29ClN2O6.Na/c30-22-11-12-25(24(17-22)29(35)36)31-26(33)18-37-19-27(34)32-15-13-23(14-16-32)38-28(20-7-3-1-4-8-20)21-9-5-2-6-10-21;/h1-12,17,23,28H,13-16,18-19H2,(H,31,33)(H,35,36);/q;+1/p-1. The number of nitrogens with one attached hydrogen (secondary N) is 1. The van der Waals surface area contributed by atoms with E-state index in [0.717, 1.165) is 11.1 Å². The molecule has 0 unspecified atom stereocenters. The molecular formula is C29H28ClN2NaO6. The summed E-state index contributed by atoms with van der Waals surface area (Å²) in [5, 5.41) is 13.9. The molecule has 1 saturated heterocycles. The molecule has 1 aliphatic rings. The van der Waals surface area contributed by atoms with Crippen molar-refractivity contribution < 1.29 is 58.5 Å². The second kappa shape index (κ2) is 15.2. The van der Waals surface area contributed by atoms with Crippen molar-refractivity contribution >= 4 is 35.1 Å². The molecule has 10 heteroatoms. The fourth-order valence-corrected chi connectivity index (χ4v) is 4.51. The van der Waals surface area contributed by atoms with E-state index in [4.69, 9.17) is 21.1 Å². The molecule has 0 bridgehead atoms. The van der Waals surface area contributed by atoms with Crippen LogP contribution in [0.4, 0.5) is 5.69 Å². The molecule has 0 aliphatic carbocycles. The van der Waals surface area contributed by atoms with E-state index in [1.54, 1.807) is 4.90 Å². The van der Waals surface area contributed by atoms with Gasteiger partial charge in [-0.05, 0) is 42.2 Å². The average Bonchev–Trinajstić information content (AvgIpc) is 2.94. The van der Waals surface area contributed by atoms with Gasteiger partial charge >= 0.3 is 29.6 Å². The van der Waals surface area contributed by atoms with E-state index < -0.39 is 18.5 Å². The van der Waals surface area contributed by atoms with E-state index in [9.17, 15) is 19.5 Å². The van der Waals surface area contributed by atoms with Crippen molar-refractivity contribution in [2.24, 2.45) is 0 Å². The zero-order valence-corrected chi connectivity index (χ0v) is 24.4. The van der Waals surface area contributed by atoms with Crippen LogP contribution in [0.5, 0.6) is 0 Å². The SMILES string of the molecule is O=C(COCC(=O)N1CCC(OC(c2ccccc2)c2ccccc2)CC1)Nc1ccc(Cl)cc1C(=O)[O-].[Na+]. The second-order valence-corrected chi connectivity index (χ2v) is 9.37. The van der Waals surface area contributed by atoms with Crippen LogP contribution in [0.15, 0.2) is 78.9 Å². The summed E-state index contributed by atoms with van der Waals surface area (Å²) in [5.41, 5.74) is 1.96. The maximum Gasteiger partial charge on any atom is 1.00 e. The predicted molar refractivity (Wildman–Crippen MR) is 141 cm³/mol. The van der Waals surface area contributed by atoms with Crippen molar-refractivity contribution in [3.8, 4) is 0 Å². The number of nitrogens with zero attached hydrogens (tertiary/aromatic N) is 1. The topological polar surface area (TPSA) is 108 Å². The van der Waals surface area contributed by atoms with Gasteiger partial charge in [0.25, 0.3) is 0 Å². The van der Waals surface area contributed by atoms with E-state index in [1.807, 2.05) is 36.4 Å². The van der Waals surface area contributed by atoms with Crippen LogP contribution in [0.3, 0.4) is 0 Å². The molecule has 0 atom stereocenters. The third-order valence-electron chi connectivity index (χ3n) is 6.26. The molecular weight excluding hydrogens is 531 g/mol. The third-order valence-corrected chi connectivity index (χ3v) is 6.50. The van der Waals surface area contributed by atoms with Crippen molar-refractivity contribution in [1.29, 1.82) is 0 Å². The number of piperidine rings is 1. The molecule has 39 heavy (non-hydrogen) atoms. The molecule has 1 heterocycles. The number of hydrogen-bond acceptors (Lipinski definition) is 6. The molecule has 0 spiro atoms. The van der Waals surface area contributed by atoms with Crippen molar-refractivity contribution in [3.63, 3.8) is 0 Å².